The van der Waals surface area contributed by atoms with E-state index in [1.165, 1.54) is 0 Å². The normalized spacial score (nSPS) is 13.3. The SMILES string of the molecule is CCCC(C)(O)CNC(=O)COc1ccc(OCC)cc1. The number of rotatable bonds is 9. The molecule has 1 atom stereocenters. The van der Waals surface area contributed by atoms with Gasteiger partial charge in [-0.3, -0.25) is 4.79 Å². The molecule has 1 aromatic rings. The Hall–Kier alpha value is -1.75. The molecule has 0 fully saturated rings. The lowest BCUT2D eigenvalue weighted by atomic mass is 10.0. The predicted octanol–water partition coefficient (Wildman–Crippen LogP) is 2.13. The van der Waals surface area contributed by atoms with Gasteiger partial charge < -0.3 is 19.9 Å². The van der Waals surface area contributed by atoms with Crippen molar-refractivity contribution in [3.63, 3.8) is 0 Å². The summed E-state index contributed by atoms with van der Waals surface area (Å²) in [6.45, 7) is 6.39. The van der Waals surface area contributed by atoms with Gasteiger partial charge in [0.2, 0.25) is 0 Å². The van der Waals surface area contributed by atoms with Crippen LogP contribution in [0.25, 0.3) is 0 Å². The van der Waals surface area contributed by atoms with E-state index in [1.54, 1.807) is 31.2 Å². The molecule has 0 saturated heterocycles. The summed E-state index contributed by atoms with van der Waals surface area (Å²) in [6, 6.07) is 7.10. The van der Waals surface area contributed by atoms with Gasteiger partial charge in [0.1, 0.15) is 11.5 Å². The van der Waals surface area contributed by atoms with E-state index in [-0.39, 0.29) is 19.1 Å². The van der Waals surface area contributed by atoms with Crippen molar-refractivity contribution in [2.45, 2.75) is 39.2 Å². The van der Waals surface area contributed by atoms with Crippen LogP contribution in [-0.2, 0) is 4.79 Å². The van der Waals surface area contributed by atoms with Crippen molar-refractivity contribution >= 4 is 5.91 Å². The zero-order valence-electron chi connectivity index (χ0n) is 13.0. The molecule has 1 rings (SSSR count). The van der Waals surface area contributed by atoms with Crippen LogP contribution >= 0.6 is 0 Å². The van der Waals surface area contributed by atoms with Crippen molar-refractivity contribution in [3.05, 3.63) is 24.3 Å². The summed E-state index contributed by atoms with van der Waals surface area (Å²) in [5.41, 5.74) is -0.871. The van der Waals surface area contributed by atoms with Crippen LogP contribution in [0.4, 0.5) is 0 Å². The van der Waals surface area contributed by atoms with Crippen molar-refractivity contribution in [3.8, 4) is 11.5 Å². The highest BCUT2D eigenvalue weighted by molar-refractivity contribution is 5.77. The zero-order valence-corrected chi connectivity index (χ0v) is 13.0. The summed E-state index contributed by atoms with van der Waals surface area (Å²) in [4.78, 5) is 11.7. The van der Waals surface area contributed by atoms with E-state index in [0.717, 1.165) is 12.2 Å². The van der Waals surface area contributed by atoms with Crippen LogP contribution in [-0.4, -0.2) is 36.4 Å². The van der Waals surface area contributed by atoms with E-state index < -0.39 is 5.60 Å². The molecule has 0 aromatic heterocycles. The first-order chi connectivity index (χ1) is 9.96. The van der Waals surface area contributed by atoms with Gasteiger partial charge in [0.05, 0.1) is 12.2 Å². The van der Waals surface area contributed by atoms with Crippen LogP contribution in [0.2, 0.25) is 0 Å². The molecule has 1 aromatic carbocycles. The molecular formula is C16H25NO4. The van der Waals surface area contributed by atoms with Crippen molar-refractivity contribution in [1.29, 1.82) is 0 Å². The fourth-order valence-corrected chi connectivity index (χ4v) is 1.91. The highest BCUT2D eigenvalue weighted by Crippen LogP contribution is 2.17. The molecule has 1 amide bonds. The number of carbonyl (C=O) groups excluding carboxylic acids is 1. The summed E-state index contributed by atoms with van der Waals surface area (Å²) in [6.07, 6.45) is 1.51. The van der Waals surface area contributed by atoms with Crippen LogP contribution in [0.5, 0.6) is 11.5 Å². The van der Waals surface area contributed by atoms with Gasteiger partial charge in [0.15, 0.2) is 6.61 Å². The van der Waals surface area contributed by atoms with Gasteiger partial charge in [-0.2, -0.15) is 0 Å². The lowest BCUT2D eigenvalue weighted by molar-refractivity contribution is -0.124. The third kappa shape index (κ3) is 6.99. The van der Waals surface area contributed by atoms with Gasteiger partial charge in [0, 0.05) is 6.54 Å². The molecule has 0 spiro atoms. The zero-order chi connectivity index (χ0) is 15.7. The lowest BCUT2D eigenvalue weighted by Crippen LogP contribution is -2.42. The Morgan fingerprint density at radius 3 is 2.29 bits per heavy atom. The van der Waals surface area contributed by atoms with Gasteiger partial charge in [0.25, 0.3) is 5.91 Å². The standard InChI is InChI=1S/C16H25NO4/c1-4-10-16(3,19)12-17-15(18)11-21-14-8-6-13(7-9-14)20-5-2/h6-9,19H,4-5,10-12H2,1-3H3,(H,17,18). The summed E-state index contributed by atoms with van der Waals surface area (Å²) in [5.74, 6) is 1.12. The van der Waals surface area contributed by atoms with E-state index >= 15 is 0 Å². The minimum Gasteiger partial charge on any atom is -0.494 e. The maximum absolute atomic E-state index is 11.7. The largest absolute Gasteiger partial charge is 0.494 e. The van der Waals surface area contributed by atoms with E-state index in [0.29, 0.717) is 18.8 Å². The van der Waals surface area contributed by atoms with Crippen LogP contribution < -0.4 is 14.8 Å². The summed E-state index contributed by atoms with van der Waals surface area (Å²) >= 11 is 0. The molecule has 0 bridgehead atoms. The number of aliphatic hydroxyl groups is 1. The third-order valence-electron chi connectivity index (χ3n) is 2.96. The van der Waals surface area contributed by atoms with Crippen molar-refractivity contribution in [2.75, 3.05) is 19.8 Å². The van der Waals surface area contributed by atoms with Gasteiger partial charge >= 0.3 is 0 Å². The molecule has 2 N–H and O–H groups in total. The van der Waals surface area contributed by atoms with Gasteiger partial charge in [-0.1, -0.05) is 13.3 Å². The third-order valence-corrected chi connectivity index (χ3v) is 2.96. The fourth-order valence-electron chi connectivity index (χ4n) is 1.91. The second kappa shape index (κ2) is 8.52. The van der Waals surface area contributed by atoms with Crippen LogP contribution in [0.3, 0.4) is 0 Å². The van der Waals surface area contributed by atoms with Crippen molar-refractivity contribution in [2.24, 2.45) is 0 Å². The molecule has 118 valence electrons. The molecular weight excluding hydrogens is 270 g/mol. The molecule has 0 radical (unpaired) electrons. The number of carbonyl (C=O) groups is 1. The van der Waals surface area contributed by atoms with E-state index in [4.69, 9.17) is 9.47 Å². The molecule has 0 aliphatic heterocycles. The first kappa shape index (κ1) is 17.3. The Balaban J connectivity index is 2.32. The van der Waals surface area contributed by atoms with Crippen molar-refractivity contribution in [1.82, 2.24) is 5.32 Å². The van der Waals surface area contributed by atoms with Crippen LogP contribution in [0, 0.1) is 0 Å². The molecule has 5 heteroatoms. The quantitative estimate of drug-likeness (QED) is 0.732. The number of benzene rings is 1. The average Bonchev–Trinajstić information content (AvgIpc) is 2.45. The molecule has 0 aliphatic rings. The molecule has 0 heterocycles. The lowest BCUT2D eigenvalue weighted by Gasteiger charge is -2.22. The Labute approximate surface area is 126 Å². The molecule has 5 nitrogen and oxygen atoms in total. The first-order valence-corrected chi connectivity index (χ1v) is 7.31. The summed E-state index contributed by atoms with van der Waals surface area (Å²) in [5, 5.41) is 12.6. The Morgan fingerprint density at radius 2 is 1.76 bits per heavy atom. The van der Waals surface area contributed by atoms with E-state index in [2.05, 4.69) is 5.32 Å². The summed E-state index contributed by atoms with van der Waals surface area (Å²) in [7, 11) is 0. The summed E-state index contributed by atoms with van der Waals surface area (Å²) < 4.78 is 10.7. The second-order valence-electron chi connectivity index (χ2n) is 5.22. The maximum Gasteiger partial charge on any atom is 0.258 e. The number of nitrogens with one attached hydrogen (secondary N) is 1. The number of hydrogen-bond donors (Lipinski definition) is 2. The van der Waals surface area contributed by atoms with Crippen LogP contribution in [0.15, 0.2) is 24.3 Å². The van der Waals surface area contributed by atoms with Crippen LogP contribution in [0.1, 0.15) is 33.6 Å². The number of ether oxygens (including phenoxy) is 2. The minimum atomic E-state index is -0.871. The Kier molecular flexibility index (Phi) is 7.02. The number of hydrogen-bond acceptors (Lipinski definition) is 4. The predicted molar refractivity (Wildman–Crippen MR) is 81.6 cm³/mol. The Bertz CT molecular complexity index is 428. The van der Waals surface area contributed by atoms with E-state index in [9.17, 15) is 9.90 Å². The molecule has 0 aliphatic carbocycles. The smallest absolute Gasteiger partial charge is 0.258 e. The minimum absolute atomic E-state index is 0.0732. The average molecular weight is 295 g/mol. The van der Waals surface area contributed by atoms with Crippen molar-refractivity contribution < 1.29 is 19.4 Å². The maximum atomic E-state index is 11.7. The highest BCUT2D eigenvalue weighted by atomic mass is 16.5. The Morgan fingerprint density at radius 1 is 1.19 bits per heavy atom. The van der Waals surface area contributed by atoms with Gasteiger partial charge in [-0.25, -0.2) is 0 Å². The second-order valence-corrected chi connectivity index (χ2v) is 5.22. The number of amides is 1. The fraction of sp³-hybridized carbons (Fsp3) is 0.562. The molecule has 21 heavy (non-hydrogen) atoms. The molecule has 1 unspecified atom stereocenters. The van der Waals surface area contributed by atoms with E-state index in [1.807, 2.05) is 13.8 Å². The topological polar surface area (TPSA) is 67.8 Å². The highest BCUT2D eigenvalue weighted by Gasteiger charge is 2.19. The first-order valence-electron chi connectivity index (χ1n) is 7.31. The monoisotopic (exact) mass is 295 g/mol. The molecule has 0 saturated carbocycles. The van der Waals surface area contributed by atoms with Gasteiger partial charge in [-0.15, -0.1) is 0 Å². The van der Waals surface area contributed by atoms with Gasteiger partial charge in [-0.05, 0) is 44.5 Å².